The summed E-state index contributed by atoms with van der Waals surface area (Å²) in [4.78, 5) is 0. The normalized spacial score (nSPS) is 15.1. The van der Waals surface area contributed by atoms with Crippen molar-refractivity contribution in [2.75, 3.05) is 13.3 Å². The average Bonchev–Trinajstić information content (AvgIpc) is 2.75. The summed E-state index contributed by atoms with van der Waals surface area (Å²) >= 11 is 0. The van der Waals surface area contributed by atoms with Gasteiger partial charge in [-0.1, -0.05) is 19.9 Å². The van der Waals surface area contributed by atoms with E-state index in [0.717, 1.165) is 30.0 Å². The van der Waals surface area contributed by atoms with Crippen LogP contribution in [0.1, 0.15) is 25.8 Å². The number of hydrogen-bond donors (Lipinski definition) is 2. The van der Waals surface area contributed by atoms with Gasteiger partial charge < -0.3 is 19.9 Å². The Balaban J connectivity index is 1.77. The van der Waals surface area contributed by atoms with E-state index in [1.165, 1.54) is 0 Å². The molecule has 2 N–H and O–H groups in total. The third kappa shape index (κ3) is 3.62. The van der Waals surface area contributed by atoms with Crippen LogP contribution in [0.5, 0.6) is 11.5 Å². The molecule has 0 radical (unpaired) electrons. The number of aliphatic hydroxyl groups is 1. The first-order chi connectivity index (χ1) is 8.65. The molecule has 100 valence electrons. The van der Waals surface area contributed by atoms with Gasteiger partial charge in [-0.15, -0.1) is 0 Å². The predicted octanol–water partition coefficient (Wildman–Crippen LogP) is 1.91. The minimum absolute atomic E-state index is 0.279. The van der Waals surface area contributed by atoms with Gasteiger partial charge in [0.1, 0.15) is 0 Å². The Bertz CT molecular complexity index is 393. The fourth-order valence-electron chi connectivity index (χ4n) is 2.06. The molecule has 0 aromatic heterocycles. The summed E-state index contributed by atoms with van der Waals surface area (Å²) in [7, 11) is 0. The summed E-state index contributed by atoms with van der Waals surface area (Å²) in [6.45, 7) is 5.87. The number of benzene rings is 1. The molecule has 0 fully saturated rings. The van der Waals surface area contributed by atoms with Gasteiger partial charge in [0, 0.05) is 13.1 Å². The van der Waals surface area contributed by atoms with E-state index in [1.807, 2.05) is 18.2 Å². The SMILES string of the molecule is CC(C)CC(O)CNCc1ccc2c(c1)OCO2. The largest absolute Gasteiger partial charge is 0.454 e. The first-order valence-electron chi connectivity index (χ1n) is 6.42. The predicted molar refractivity (Wildman–Crippen MR) is 69.7 cm³/mol. The number of hydrogen-bond acceptors (Lipinski definition) is 4. The third-order valence-electron chi connectivity index (χ3n) is 2.89. The minimum atomic E-state index is -0.279. The molecule has 4 nitrogen and oxygen atoms in total. The maximum Gasteiger partial charge on any atom is 0.231 e. The molecule has 0 aliphatic carbocycles. The van der Waals surface area contributed by atoms with Crippen molar-refractivity contribution in [3.63, 3.8) is 0 Å². The lowest BCUT2D eigenvalue weighted by Gasteiger charge is -2.13. The van der Waals surface area contributed by atoms with Gasteiger partial charge in [-0.05, 0) is 30.0 Å². The second kappa shape index (κ2) is 6.07. The third-order valence-corrected chi connectivity index (χ3v) is 2.89. The van der Waals surface area contributed by atoms with Gasteiger partial charge in [0.25, 0.3) is 0 Å². The Morgan fingerprint density at radius 3 is 2.83 bits per heavy atom. The van der Waals surface area contributed by atoms with E-state index in [2.05, 4.69) is 19.2 Å². The quantitative estimate of drug-likeness (QED) is 0.811. The second-order valence-electron chi connectivity index (χ2n) is 5.10. The van der Waals surface area contributed by atoms with Crippen LogP contribution >= 0.6 is 0 Å². The molecule has 1 aliphatic rings. The highest BCUT2D eigenvalue weighted by Crippen LogP contribution is 2.32. The lowest BCUT2D eigenvalue weighted by Crippen LogP contribution is -2.27. The minimum Gasteiger partial charge on any atom is -0.454 e. The van der Waals surface area contributed by atoms with Crippen molar-refractivity contribution >= 4 is 0 Å². The summed E-state index contributed by atoms with van der Waals surface area (Å²) in [5.74, 6) is 2.13. The molecule has 0 bridgehead atoms. The Morgan fingerprint density at radius 2 is 2.06 bits per heavy atom. The maximum atomic E-state index is 9.75. The molecule has 1 aromatic rings. The highest BCUT2D eigenvalue weighted by molar-refractivity contribution is 5.44. The van der Waals surface area contributed by atoms with Crippen molar-refractivity contribution in [2.24, 2.45) is 5.92 Å². The van der Waals surface area contributed by atoms with Gasteiger partial charge in [-0.3, -0.25) is 0 Å². The van der Waals surface area contributed by atoms with Gasteiger partial charge in [0.2, 0.25) is 6.79 Å². The zero-order chi connectivity index (χ0) is 13.0. The van der Waals surface area contributed by atoms with Crippen molar-refractivity contribution < 1.29 is 14.6 Å². The number of fused-ring (bicyclic) bond motifs is 1. The van der Waals surface area contributed by atoms with Crippen LogP contribution in [0.25, 0.3) is 0 Å². The summed E-state index contributed by atoms with van der Waals surface area (Å²) < 4.78 is 10.6. The number of ether oxygens (including phenoxy) is 2. The first-order valence-corrected chi connectivity index (χ1v) is 6.42. The van der Waals surface area contributed by atoms with Crippen LogP contribution in [-0.4, -0.2) is 24.5 Å². The molecule has 0 saturated heterocycles. The van der Waals surface area contributed by atoms with Crippen molar-refractivity contribution in [1.29, 1.82) is 0 Å². The van der Waals surface area contributed by atoms with Crippen LogP contribution in [0.3, 0.4) is 0 Å². The molecule has 0 amide bonds. The molecule has 1 aromatic carbocycles. The highest BCUT2D eigenvalue weighted by atomic mass is 16.7. The van der Waals surface area contributed by atoms with Crippen LogP contribution in [-0.2, 0) is 6.54 Å². The average molecular weight is 251 g/mol. The zero-order valence-electron chi connectivity index (χ0n) is 11.0. The van der Waals surface area contributed by atoms with Crippen LogP contribution in [0.2, 0.25) is 0 Å². The molecule has 0 spiro atoms. The summed E-state index contributed by atoms with van der Waals surface area (Å²) in [6, 6.07) is 5.91. The van der Waals surface area contributed by atoms with E-state index in [0.29, 0.717) is 19.3 Å². The Labute approximate surface area is 108 Å². The molecule has 2 rings (SSSR count). The van der Waals surface area contributed by atoms with Gasteiger partial charge in [0.15, 0.2) is 11.5 Å². The topological polar surface area (TPSA) is 50.7 Å². The molecular formula is C14H21NO3. The fraction of sp³-hybridized carbons (Fsp3) is 0.571. The van der Waals surface area contributed by atoms with Gasteiger partial charge in [-0.2, -0.15) is 0 Å². The van der Waals surface area contributed by atoms with Gasteiger partial charge >= 0.3 is 0 Å². The molecule has 4 heteroatoms. The fourth-order valence-corrected chi connectivity index (χ4v) is 2.06. The smallest absolute Gasteiger partial charge is 0.231 e. The monoisotopic (exact) mass is 251 g/mol. The number of rotatable bonds is 6. The molecule has 1 heterocycles. The van der Waals surface area contributed by atoms with Crippen LogP contribution in [0, 0.1) is 5.92 Å². The Hall–Kier alpha value is -1.26. The van der Waals surface area contributed by atoms with E-state index in [1.54, 1.807) is 0 Å². The van der Waals surface area contributed by atoms with Crippen molar-refractivity contribution in [3.8, 4) is 11.5 Å². The van der Waals surface area contributed by atoms with Crippen LogP contribution in [0.4, 0.5) is 0 Å². The first kappa shape index (κ1) is 13.2. The molecule has 18 heavy (non-hydrogen) atoms. The molecule has 1 atom stereocenters. The molecule has 1 aliphatic heterocycles. The van der Waals surface area contributed by atoms with Crippen LogP contribution in [0.15, 0.2) is 18.2 Å². The lowest BCUT2D eigenvalue weighted by atomic mass is 10.1. The Kier molecular flexibility index (Phi) is 4.44. The van der Waals surface area contributed by atoms with Crippen molar-refractivity contribution in [1.82, 2.24) is 5.32 Å². The standard InChI is InChI=1S/C14H21NO3/c1-10(2)5-12(16)8-15-7-11-3-4-13-14(6-11)18-9-17-13/h3-4,6,10,12,15-16H,5,7-9H2,1-2H3. The van der Waals surface area contributed by atoms with Gasteiger partial charge in [0.05, 0.1) is 6.10 Å². The molecule has 1 unspecified atom stereocenters. The number of nitrogens with one attached hydrogen (secondary N) is 1. The van der Waals surface area contributed by atoms with Gasteiger partial charge in [-0.25, -0.2) is 0 Å². The maximum absolute atomic E-state index is 9.75. The summed E-state index contributed by atoms with van der Waals surface area (Å²) in [5.41, 5.74) is 1.14. The van der Waals surface area contributed by atoms with Crippen LogP contribution < -0.4 is 14.8 Å². The lowest BCUT2D eigenvalue weighted by molar-refractivity contribution is 0.146. The van der Waals surface area contributed by atoms with E-state index in [9.17, 15) is 5.11 Å². The zero-order valence-corrected chi connectivity index (χ0v) is 11.0. The van der Waals surface area contributed by atoms with Crippen molar-refractivity contribution in [2.45, 2.75) is 32.9 Å². The summed E-state index contributed by atoms with van der Waals surface area (Å²) in [6.07, 6.45) is 0.549. The second-order valence-corrected chi connectivity index (χ2v) is 5.10. The van der Waals surface area contributed by atoms with E-state index in [4.69, 9.17) is 9.47 Å². The Morgan fingerprint density at radius 1 is 1.28 bits per heavy atom. The highest BCUT2D eigenvalue weighted by Gasteiger charge is 2.13. The number of aliphatic hydroxyl groups excluding tert-OH is 1. The molecular weight excluding hydrogens is 230 g/mol. The van der Waals surface area contributed by atoms with E-state index >= 15 is 0 Å². The van der Waals surface area contributed by atoms with Crippen molar-refractivity contribution in [3.05, 3.63) is 23.8 Å². The van der Waals surface area contributed by atoms with E-state index < -0.39 is 0 Å². The van der Waals surface area contributed by atoms with E-state index in [-0.39, 0.29) is 6.10 Å². The summed E-state index contributed by atoms with van der Waals surface area (Å²) in [5, 5.41) is 13.0. The molecule has 0 saturated carbocycles.